The Labute approximate surface area is 180 Å². The number of ketones is 1. The Kier molecular flexibility index (Phi) is 8.75. The minimum atomic E-state index is -0.769. The van der Waals surface area contributed by atoms with E-state index in [0.717, 1.165) is 12.8 Å². The van der Waals surface area contributed by atoms with Crippen LogP contribution in [0.4, 0.5) is 5.69 Å². The van der Waals surface area contributed by atoms with Gasteiger partial charge in [0.05, 0.1) is 25.0 Å². The Hall–Kier alpha value is -3.68. The van der Waals surface area contributed by atoms with E-state index in [1.807, 2.05) is 6.92 Å². The Morgan fingerprint density at radius 2 is 1.61 bits per heavy atom. The van der Waals surface area contributed by atoms with Gasteiger partial charge in [-0.05, 0) is 55.8 Å². The summed E-state index contributed by atoms with van der Waals surface area (Å²) >= 11 is 0. The van der Waals surface area contributed by atoms with Gasteiger partial charge >= 0.3 is 5.97 Å². The van der Waals surface area contributed by atoms with Crippen LogP contribution >= 0.6 is 0 Å². The number of ether oxygens (including phenoxy) is 2. The topological polar surface area (TPSA) is 111 Å². The molecule has 0 fully saturated rings. The van der Waals surface area contributed by atoms with Crippen LogP contribution in [0.3, 0.4) is 0 Å². The van der Waals surface area contributed by atoms with Gasteiger partial charge in [-0.1, -0.05) is 13.3 Å². The summed E-state index contributed by atoms with van der Waals surface area (Å²) in [6.07, 6.45) is 1.63. The predicted molar refractivity (Wildman–Crippen MR) is 116 cm³/mol. The van der Waals surface area contributed by atoms with Gasteiger partial charge in [0.2, 0.25) is 5.78 Å². The van der Waals surface area contributed by atoms with Crippen LogP contribution in [0.15, 0.2) is 42.5 Å². The summed E-state index contributed by atoms with van der Waals surface area (Å²) in [6, 6.07) is 10.5. The lowest BCUT2D eigenvalue weighted by molar-refractivity contribution is -0.117. The van der Waals surface area contributed by atoms with Gasteiger partial charge in [-0.25, -0.2) is 4.79 Å². The van der Waals surface area contributed by atoms with E-state index in [0.29, 0.717) is 17.9 Å². The van der Waals surface area contributed by atoms with E-state index in [1.165, 1.54) is 25.3 Å². The van der Waals surface area contributed by atoms with Crippen LogP contribution < -0.4 is 15.4 Å². The van der Waals surface area contributed by atoms with E-state index in [4.69, 9.17) is 9.47 Å². The average Bonchev–Trinajstić information content (AvgIpc) is 2.79. The van der Waals surface area contributed by atoms with Gasteiger partial charge in [0.1, 0.15) is 5.75 Å². The Morgan fingerprint density at radius 3 is 2.23 bits per heavy atom. The first kappa shape index (κ1) is 23.6. The van der Waals surface area contributed by atoms with Crippen LogP contribution in [-0.4, -0.2) is 43.8 Å². The molecule has 0 aromatic heterocycles. The van der Waals surface area contributed by atoms with Crippen molar-refractivity contribution in [1.82, 2.24) is 5.32 Å². The first-order chi connectivity index (χ1) is 14.9. The fraction of sp³-hybridized carbons (Fsp3) is 0.304. The lowest BCUT2D eigenvalue weighted by atomic mass is 10.0. The standard InChI is InChI=1S/C23H26N2O6/c1-4-6-13-24-22(28)20(26)16-9-12-19(18(14-16)23(29)31-5-2)25-21(27)15-7-10-17(30-3)11-8-15/h7-12,14H,4-6,13H2,1-3H3,(H,24,28)(H,25,27). The maximum atomic E-state index is 12.6. The monoisotopic (exact) mass is 426 g/mol. The van der Waals surface area contributed by atoms with Crippen LogP contribution in [-0.2, 0) is 9.53 Å². The molecule has 2 amide bonds. The van der Waals surface area contributed by atoms with Gasteiger partial charge in [-0.15, -0.1) is 0 Å². The van der Waals surface area contributed by atoms with E-state index >= 15 is 0 Å². The third-order valence-electron chi connectivity index (χ3n) is 4.40. The third-order valence-corrected chi connectivity index (χ3v) is 4.40. The van der Waals surface area contributed by atoms with Crippen molar-refractivity contribution in [3.05, 3.63) is 59.2 Å². The molecule has 164 valence electrons. The number of esters is 1. The molecule has 8 nitrogen and oxygen atoms in total. The van der Waals surface area contributed by atoms with E-state index in [1.54, 1.807) is 31.2 Å². The molecular weight excluding hydrogens is 400 g/mol. The molecule has 0 radical (unpaired) electrons. The zero-order valence-electron chi connectivity index (χ0n) is 17.8. The highest BCUT2D eigenvalue weighted by molar-refractivity contribution is 6.43. The zero-order valence-corrected chi connectivity index (χ0v) is 17.8. The SMILES string of the molecule is CCCCNC(=O)C(=O)c1ccc(NC(=O)c2ccc(OC)cc2)c(C(=O)OCC)c1. The maximum absolute atomic E-state index is 12.6. The van der Waals surface area contributed by atoms with Crippen molar-refractivity contribution in [3.63, 3.8) is 0 Å². The second-order valence-electron chi connectivity index (χ2n) is 6.60. The molecule has 31 heavy (non-hydrogen) atoms. The second kappa shape index (κ2) is 11.5. The summed E-state index contributed by atoms with van der Waals surface area (Å²) in [5.41, 5.74) is 0.531. The first-order valence-electron chi connectivity index (χ1n) is 10.00. The molecule has 0 saturated heterocycles. The molecule has 2 aromatic rings. The molecular formula is C23H26N2O6. The molecule has 2 aromatic carbocycles. The quantitative estimate of drug-likeness (QED) is 0.261. The molecule has 2 rings (SSSR count). The summed E-state index contributed by atoms with van der Waals surface area (Å²) in [5.74, 6) is -2.09. The van der Waals surface area contributed by atoms with Crippen molar-refractivity contribution in [1.29, 1.82) is 0 Å². The molecule has 2 N–H and O–H groups in total. The lowest BCUT2D eigenvalue weighted by Crippen LogP contribution is -2.32. The van der Waals surface area contributed by atoms with Gasteiger partial charge in [0, 0.05) is 17.7 Å². The molecule has 0 aliphatic carbocycles. The highest BCUT2D eigenvalue weighted by atomic mass is 16.5. The van der Waals surface area contributed by atoms with E-state index < -0.39 is 23.6 Å². The predicted octanol–water partition coefficient (Wildman–Crippen LogP) is 3.22. The molecule has 0 heterocycles. The number of nitrogens with one attached hydrogen (secondary N) is 2. The summed E-state index contributed by atoms with van der Waals surface area (Å²) in [6.45, 7) is 4.12. The van der Waals surface area contributed by atoms with Crippen LogP contribution in [0.1, 0.15) is 57.8 Å². The summed E-state index contributed by atoms with van der Waals surface area (Å²) in [5, 5.41) is 5.20. The number of carbonyl (C=O) groups excluding carboxylic acids is 4. The minimum absolute atomic E-state index is 0.0177. The number of hydrogen-bond donors (Lipinski definition) is 2. The molecule has 0 spiro atoms. The fourth-order valence-corrected chi connectivity index (χ4v) is 2.70. The zero-order chi connectivity index (χ0) is 22.8. The van der Waals surface area contributed by atoms with Crippen molar-refractivity contribution < 1.29 is 28.7 Å². The lowest BCUT2D eigenvalue weighted by Gasteiger charge is -2.12. The van der Waals surface area contributed by atoms with Crippen molar-refractivity contribution in [3.8, 4) is 5.75 Å². The molecule has 0 aliphatic rings. The van der Waals surface area contributed by atoms with Gasteiger partial charge in [-0.2, -0.15) is 0 Å². The maximum Gasteiger partial charge on any atom is 0.340 e. The molecule has 8 heteroatoms. The normalized spacial score (nSPS) is 10.2. The highest BCUT2D eigenvalue weighted by Crippen LogP contribution is 2.21. The van der Waals surface area contributed by atoms with Gasteiger partial charge in [0.15, 0.2) is 0 Å². The number of Topliss-reactive ketones (excluding diaryl/α,β-unsaturated/α-hetero) is 1. The number of carbonyl (C=O) groups is 4. The van der Waals surface area contributed by atoms with E-state index in [-0.39, 0.29) is 23.4 Å². The summed E-state index contributed by atoms with van der Waals surface area (Å²) < 4.78 is 10.1. The second-order valence-corrected chi connectivity index (χ2v) is 6.60. The van der Waals surface area contributed by atoms with Crippen LogP contribution in [0.2, 0.25) is 0 Å². The molecule has 0 aliphatic heterocycles. The van der Waals surface area contributed by atoms with Crippen molar-refractivity contribution in [2.24, 2.45) is 0 Å². The molecule has 0 unspecified atom stereocenters. The Balaban J connectivity index is 2.27. The van der Waals surface area contributed by atoms with Crippen molar-refractivity contribution in [2.45, 2.75) is 26.7 Å². The van der Waals surface area contributed by atoms with E-state index in [9.17, 15) is 19.2 Å². The molecule has 0 saturated carbocycles. The number of benzene rings is 2. The summed E-state index contributed by atoms with van der Waals surface area (Å²) in [4.78, 5) is 49.5. The fourth-order valence-electron chi connectivity index (χ4n) is 2.70. The largest absolute Gasteiger partial charge is 0.497 e. The number of rotatable bonds is 10. The van der Waals surface area contributed by atoms with E-state index in [2.05, 4.69) is 10.6 Å². The first-order valence-corrected chi connectivity index (χ1v) is 10.00. The summed E-state index contributed by atoms with van der Waals surface area (Å²) in [7, 11) is 1.52. The smallest absolute Gasteiger partial charge is 0.340 e. The van der Waals surface area contributed by atoms with Gasteiger partial charge < -0.3 is 20.1 Å². The number of amides is 2. The van der Waals surface area contributed by atoms with Gasteiger partial charge in [0.25, 0.3) is 11.8 Å². The Morgan fingerprint density at radius 1 is 0.935 bits per heavy atom. The highest BCUT2D eigenvalue weighted by Gasteiger charge is 2.21. The average molecular weight is 426 g/mol. The van der Waals surface area contributed by atoms with Crippen molar-refractivity contribution in [2.75, 3.05) is 25.6 Å². The molecule has 0 atom stereocenters. The van der Waals surface area contributed by atoms with Crippen LogP contribution in [0, 0.1) is 0 Å². The minimum Gasteiger partial charge on any atom is -0.497 e. The Bertz CT molecular complexity index is 953. The van der Waals surface area contributed by atoms with Crippen LogP contribution in [0.25, 0.3) is 0 Å². The third kappa shape index (κ3) is 6.40. The van der Waals surface area contributed by atoms with Crippen molar-refractivity contribution >= 4 is 29.3 Å². The number of hydrogen-bond acceptors (Lipinski definition) is 6. The van der Waals surface area contributed by atoms with Gasteiger partial charge in [-0.3, -0.25) is 14.4 Å². The number of methoxy groups -OCH3 is 1. The number of unbranched alkanes of at least 4 members (excludes halogenated alkanes) is 1. The van der Waals surface area contributed by atoms with Crippen LogP contribution in [0.5, 0.6) is 5.75 Å². The molecule has 0 bridgehead atoms. The number of anilines is 1.